The van der Waals surface area contributed by atoms with Gasteiger partial charge in [0.25, 0.3) is 0 Å². The Kier molecular flexibility index (Phi) is 7.07. The first-order chi connectivity index (χ1) is 18.7. The van der Waals surface area contributed by atoms with Gasteiger partial charge in [0.2, 0.25) is 15.7 Å². The average Bonchev–Trinajstić information content (AvgIpc) is 3.27. The predicted molar refractivity (Wildman–Crippen MR) is 146 cm³/mol. The first-order valence-corrected chi connectivity index (χ1v) is 13.7. The van der Waals surface area contributed by atoms with Gasteiger partial charge in [-0.1, -0.05) is 17.7 Å². The molecule has 0 spiro atoms. The number of carbonyl (C=O) groups excluding carboxylic acids is 1. The lowest BCUT2D eigenvalue weighted by molar-refractivity contribution is 0.0366. The fourth-order valence-electron chi connectivity index (χ4n) is 4.29. The van der Waals surface area contributed by atoms with E-state index in [-0.39, 0.29) is 34.1 Å². The smallest absolute Gasteiger partial charge is 0.357 e. The third-order valence-electron chi connectivity index (χ3n) is 6.11. The number of nitrogens with zero attached hydrogens (tertiary/aromatic N) is 2. The molecule has 10 heteroatoms. The number of nitrogens with one attached hydrogen (secondary N) is 1. The van der Waals surface area contributed by atoms with E-state index >= 15 is 0 Å². The molecule has 0 atom stereocenters. The molecule has 9 nitrogen and oxygen atoms in total. The van der Waals surface area contributed by atoms with Crippen LogP contribution in [0.3, 0.4) is 0 Å². The van der Waals surface area contributed by atoms with Crippen LogP contribution in [0, 0.1) is 6.92 Å². The summed E-state index contributed by atoms with van der Waals surface area (Å²) in [7, 11) is -2.15. The molecular formula is C29H27N3O6S. The average molecular weight is 546 g/mol. The van der Waals surface area contributed by atoms with Crippen LogP contribution < -0.4 is 4.74 Å². The van der Waals surface area contributed by atoms with E-state index in [9.17, 15) is 13.2 Å². The minimum absolute atomic E-state index is 0.0725. The molecule has 0 radical (unpaired) electrons. The number of benzene rings is 2. The fourth-order valence-corrected chi connectivity index (χ4v) is 5.50. The van der Waals surface area contributed by atoms with Crippen LogP contribution in [-0.2, 0) is 25.9 Å². The monoisotopic (exact) mass is 545 g/mol. The van der Waals surface area contributed by atoms with Crippen LogP contribution in [0.2, 0.25) is 0 Å². The Hall–Kier alpha value is -4.28. The maximum Gasteiger partial charge on any atom is 0.357 e. The lowest BCUT2D eigenvalue weighted by atomic mass is 10.1. The lowest BCUT2D eigenvalue weighted by Gasteiger charge is -2.12. The maximum atomic E-state index is 12.9. The van der Waals surface area contributed by atoms with Gasteiger partial charge in [0.05, 0.1) is 34.2 Å². The maximum absolute atomic E-state index is 12.9. The summed E-state index contributed by atoms with van der Waals surface area (Å²) in [5.74, 6) is 0.194. The van der Waals surface area contributed by atoms with Crippen LogP contribution in [0.1, 0.15) is 35.5 Å². The van der Waals surface area contributed by atoms with Crippen molar-refractivity contribution in [2.24, 2.45) is 0 Å². The lowest BCUT2D eigenvalue weighted by Crippen LogP contribution is -2.15. The molecule has 0 unspecified atom stereocenters. The molecule has 0 aliphatic rings. The normalized spacial score (nSPS) is 11.8. The molecule has 0 aliphatic heterocycles. The molecule has 5 rings (SSSR count). The van der Waals surface area contributed by atoms with Gasteiger partial charge in [-0.3, -0.25) is 0 Å². The van der Waals surface area contributed by atoms with Crippen LogP contribution >= 0.6 is 0 Å². The van der Waals surface area contributed by atoms with Crippen molar-refractivity contribution in [2.45, 2.75) is 43.3 Å². The highest BCUT2D eigenvalue weighted by Gasteiger charge is 2.22. The van der Waals surface area contributed by atoms with Gasteiger partial charge in [0.1, 0.15) is 5.75 Å². The number of hydrogen-bond acceptors (Lipinski definition) is 8. The summed E-state index contributed by atoms with van der Waals surface area (Å²) in [5.41, 5.74) is 3.32. The summed E-state index contributed by atoms with van der Waals surface area (Å²) in [6.07, 6.45) is 2.59. The predicted octanol–water partition coefficient (Wildman–Crippen LogP) is 5.76. The molecule has 0 fully saturated rings. The van der Waals surface area contributed by atoms with E-state index in [1.807, 2.05) is 19.1 Å². The largest absolute Gasteiger partial charge is 0.458 e. The fraction of sp³-hybridized carbons (Fsp3) is 0.207. The van der Waals surface area contributed by atoms with Gasteiger partial charge >= 0.3 is 5.97 Å². The molecule has 200 valence electrons. The van der Waals surface area contributed by atoms with Gasteiger partial charge in [-0.25, -0.2) is 23.2 Å². The Morgan fingerprint density at radius 2 is 1.69 bits per heavy atom. The molecule has 5 aromatic rings. The summed E-state index contributed by atoms with van der Waals surface area (Å²) in [4.78, 5) is 24.9. The highest BCUT2D eigenvalue weighted by atomic mass is 32.2. The number of rotatable bonds is 8. The number of esters is 1. The number of hydrogen-bond donors (Lipinski definition) is 1. The van der Waals surface area contributed by atoms with Gasteiger partial charge in [-0.05, 0) is 57.2 Å². The molecule has 0 aliphatic carbocycles. The molecule has 0 saturated heterocycles. The molecule has 39 heavy (non-hydrogen) atoms. The second-order valence-electron chi connectivity index (χ2n) is 9.34. The Balaban J connectivity index is 1.49. The minimum Gasteiger partial charge on any atom is -0.458 e. The van der Waals surface area contributed by atoms with Crippen LogP contribution in [0.15, 0.2) is 76.8 Å². The number of ether oxygens (including phenoxy) is 3. The second kappa shape index (κ2) is 10.5. The summed E-state index contributed by atoms with van der Waals surface area (Å²) < 4.78 is 42.6. The number of aromatic nitrogens is 3. The number of aromatic amines is 1. The van der Waals surface area contributed by atoms with E-state index in [0.29, 0.717) is 11.3 Å². The molecule has 0 bridgehead atoms. The number of sulfone groups is 1. The summed E-state index contributed by atoms with van der Waals surface area (Å²) >= 11 is 0. The van der Waals surface area contributed by atoms with Gasteiger partial charge in [0, 0.05) is 41.2 Å². The third kappa shape index (κ3) is 5.21. The molecular weight excluding hydrogens is 518 g/mol. The zero-order valence-electron chi connectivity index (χ0n) is 21.9. The van der Waals surface area contributed by atoms with Crippen molar-refractivity contribution in [3.8, 4) is 11.6 Å². The number of fused-ring (bicyclic) bond motifs is 3. The summed E-state index contributed by atoms with van der Waals surface area (Å²) in [5, 5.41) is 1.57. The second-order valence-corrected chi connectivity index (χ2v) is 11.3. The van der Waals surface area contributed by atoms with Crippen molar-refractivity contribution in [3.05, 3.63) is 83.8 Å². The summed E-state index contributed by atoms with van der Waals surface area (Å²) in [6.45, 7) is 5.61. The van der Waals surface area contributed by atoms with E-state index in [0.717, 1.165) is 27.4 Å². The Morgan fingerprint density at radius 1 is 0.949 bits per heavy atom. The number of H-pyrrole nitrogens is 1. The minimum atomic E-state index is -3.70. The van der Waals surface area contributed by atoms with Gasteiger partial charge in [-0.2, -0.15) is 0 Å². The first kappa shape index (κ1) is 26.3. The van der Waals surface area contributed by atoms with Crippen molar-refractivity contribution in [1.82, 2.24) is 15.0 Å². The van der Waals surface area contributed by atoms with Gasteiger partial charge in [-0.15, -0.1) is 0 Å². The van der Waals surface area contributed by atoms with E-state index in [4.69, 9.17) is 14.2 Å². The Labute approximate surface area is 225 Å². The first-order valence-electron chi connectivity index (χ1n) is 12.3. The number of aryl methyl sites for hydroxylation is 1. The van der Waals surface area contributed by atoms with E-state index < -0.39 is 15.8 Å². The van der Waals surface area contributed by atoms with Crippen molar-refractivity contribution < 1.29 is 27.4 Å². The standard InChI is InChI=1S/C29H27N3O6S/c1-17(2)37-29(33)28-23(16-36-4)27-22-13-19(7-11-24(22)32-25(27)15-31-28)38-26-12-10-21(14-30-26)39(34,35)20-8-5-18(3)6-9-20/h5-15,17,32H,16H2,1-4H3. The van der Waals surface area contributed by atoms with E-state index in [1.165, 1.54) is 18.3 Å². The highest BCUT2D eigenvalue weighted by molar-refractivity contribution is 7.91. The topological polar surface area (TPSA) is 120 Å². The summed E-state index contributed by atoms with van der Waals surface area (Å²) in [6, 6.07) is 15.1. The van der Waals surface area contributed by atoms with Crippen LogP contribution in [0.25, 0.3) is 21.8 Å². The molecule has 3 aromatic heterocycles. The van der Waals surface area contributed by atoms with Crippen LogP contribution in [0.5, 0.6) is 11.6 Å². The third-order valence-corrected chi connectivity index (χ3v) is 7.86. The number of carbonyl (C=O) groups is 1. The SMILES string of the molecule is COCc1c(C(=O)OC(C)C)ncc2[nH]c3ccc(Oc4ccc(S(=O)(=O)c5ccc(C)cc5)cn4)cc3c12. The zero-order chi connectivity index (χ0) is 27.7. The molecule has 0 saturated carbocycles. The van der Waals surface area contributed by atoms with Gasteiger partial charge < -0.3 is 19.2 Å². The Morgan fingerprint density at radius 3 is 2.36 bits per heavy atom. The van der Waals surface area contributed by atoms with Crippen molar-refractivity contribution in [3.63, 3.8) is 0 Å². The molecule has 0 amide bonds. The number of methoxy groups -OCH3 is 1. The zero-order valence-corrected chi connectivity index (χ0v) is 22.7. The van der Waals surface area contributed by atoms with Crippen molar-refractivity contribution >= 4 is 37.6 Å². The van der Waals surface area contributed by atoms with Crippen molar-refractivity contribution in [2.75, 3.05) is 7.11 Å². The van der Waals surface area contributed by atoms with E-state index in [1.54, 1.807) is 57.5 Å². The molecule has 3 heterocycles. The van der Waals surface area contributed by atoms with Gasteiger partial charge in [0.15, 0.2) is 5.69 Å². The molecule has 2 aromatic carbocycles. The van der Waals surface area contributed by atoms with E-state index in [2.05, 4.69) is 15.0 Å². The van der Waals surface area contributed by atoms with Crippen molar-refractivity contribution in [1.29, 1.82) is 0 Å². The van der Waals surface area contributed by atoms with Crippen LogP contribution in [0.4, 0.5) is 0 Å². The highest BCUT2D eigenvalue weighted by Crippen LogP contribution is 2.34. The molecule has 1 N–H and O–H groups in total. The quantitative estimate of drug-likeness (QED) is 0.245. The van der Waals surface area contributed by atoms with Crippen LogP contribution in [-0.4, -0.2) is 42.6 Å². The Bertz CT molecular complexity index is 1780. The number of pyridine rings is 2.